The van der Waals surface area contributed by atoms with Crippen LogP contribution in [0.2, 0.25) is 18.1 Å². The summed E-state index contributed by atoms with van der Waals surface area (Å²) in [4.78, 5) is 15.0. The van der Waals surface area contributed by atoms with Crippen LogP contribution in [0.3, 0.4) is 0 Å². The minimum Gasteiger partial charge on any atom is -0.444 e. The van der Waals surface area contributed by atoms with Crippen LogP contribution in [0, 0.1) is 5.92 Å². The molecule has 0 aliphatic heterocycles. The Morgan fingerprint density at radius 2 is 1.81 bits per heavy atom. The van der Waals surface area contributed by atoms with Crippen molar-refractivity contribution in [3.63, 3.8) is 0 Å². The lowest BCUT2D eigenvalue weighted by Gasteiger charge is -2.43. The van der Waals surface area contributed by atoms with Crippen LogP contribution in [0.15, 0.2) is 5.11 Å². The third kappa shape index (κ3) is 8.40. The van der Waals surface area contributed by atoms with Gasteiger partial charge in [0.2, 0.25) is 0 Å². The Hall–Kier alpha value is -1.28. The molecule has 9 heteroatoms. The second kappa shape index (κ2) is 9.59. The molecule has 0 aromatic heterocycles. The molecule has 26 heavy (non-hydrogen) atoms. The van der Waals surface area contributed by atoms with Crippen LogP contribution in [-0.2, 0) is 9.16 Å². The summed E-state index contributed by atoms with van der Waals surface area (Å²) in [6.45, 7) is 17.6. The number of azide groups is 1. The number of carbonyl (C=O) groups excluding carboxylic acids is 1. The molecule has 0 aliphatic carbocycles. The number of ether oxygens (including phenoxy) is 1. The molecule has 0 rings (SSSR count). The van der Waals surface area contributed by atoms with Crippen molar-refractivity contribution in [1.82, 2.24) is 5.32 Å². The quantitative estimate of drug-likeness (QED) is 0.280. The summed E-state index contributed by atoms with van der Waals surface area (Å²) in [7, 11) is -2.18. The zero-order valence-corrected chi connectivity index (χ0v) is 18.7. The van der Waals surface area contributed by atoms with Crippen LogP contribution >= 0.6 is 0 Å². The second-order valence-corrected chi connectivity index (χ2v) is 13.9. The number of aliphatic hydroxyl groups is 1. The molecule has 0 aromatic carbocycles. The van der Waals surface area contributed by atoms with E-state index in [0.717, 1.165) is 0 Å². The van der Waals surface area contributed by atoms with E-state index in [1.165, 1.54) is 0 Å². The Morgan fingerprint density at radius 1 is 1.27 bits per heavy atom. The number of rotatable bonds is 8. The van der Waals surface area contributed by atoms with E-state index in [4.69, 9.17) is 14.7 Å². The van der Waals surface area contributed by atoms with Gasteiger partial charge in [-0.15, -0.1) is 0 Å². The molecule has 0 spiro atoms. The van der Waals surface area contributed by atoms with E-state index in [-0.39, 0.29) is 24.1 Å². The van der Waals surface area contributed by atoms with Gasteiger partial charge in [0.05, 0.1) is 18.8 Å². The molecule has 0 heterocycles. The molecule has 8 nitrogen and oxygen atoms in total. The van der Waals surface area contributed by atoms with Crippen LogP contribution in [0.25, 0.3) is 10.4 Å². The van der Waals surface area contributed by atoms with Crippen LogP contribution in [0.1, 0.15) is 48.5 Å². The Balaban J connectivity index is 5.51. The highest BCUT2D eigenvalue weighted by Crippen LogP contribution is 2.38. The number of nitrogens with one attached hydrogen (secondary N) is 1. The van der Waals surface area contributed by atoms with Gasteiger partial charge in [-0.1, -0.05) is 32.8 Å². The molecule has 0 saturated carbocycles. The Labute approximate surface area is 158 Å². The van der Waals surface area contributed by atoms with Crippen molar-refractivity contribution in [2.45, 2.75) is 84.3 Å². The highest BCUT2D eigenvalue weighted by Gasteiger charge is 2.42. The average molecular weight is 389 g/mol. The number of alkyl carbamates (subject to hydrolysis) is 1. The summed E-state index contributed by atoms with van der Waals surface area (Å²) in [5, 5.41) is 16.2. The van der Waals surface area contributed by atoms with Gasteiger partial charge in [-0.25, -0.2) is 4.79 Å². The van der Waals surface area contributed by atoms with Crippen LogP contribution in [0.5, 0.6) is 0 Å². The summed E-state index contributed by atoms with van der Waals surface area (Å²) >= 11 is 0. The molecule has 0 saturated heterocycles. The molecule has 1 unspecified atom stereocenters. The van der Waals surface area contributed by atoms with Crippen molar-refractivity contribution in [3.05, 3.63) is 10.4 Å². The summed E-state index contributed by atoms with van der Waals surface area (Å²) < 4.78 is 11.8. The van der Waals surface area contributed by atoms with Crippen molar-refractivity contribution in [1.29, 1.82) is 0 Å². The van der Waals surface area contributed by atoms with E-state index < -0.39 is 32.2 Å². The van der Waals surface area contributed by atoms with Crippen LogP contribution in [-0.4, -0.2) is 50.4 Å². The van der Waals surface area contributed by atoms with Gasteiger partial charge < -0.3 is 19.6 Å². The van der Waals surface area contributed by atoms with Gasteiger partial charge in [-0.05, 0) is 50.4 Å². The third-order valence-electron chi connectivity index (χ3n) is 4.53. The monoisotopic (exact) mass is 388 g/mol. The number of hydrogen-bond acceptors (Lipinski definition) is 5. The summed E-state index contributed by atoms with van der Waals surface area (Å²) in [6.07, 6.45) is -1.12. The predicted octanol–water partition coefficient (Wildman–Crippen LogP) is 4.21. The molecule has 152 valence electrons. The van der Waals surface area contributed by atoms with Crippen LogP contribution in [0.4, 0.5) is 4.79 Å². The maximum atomic E-state index is 12.2. The van der Waals surface area contributed by atoms with E-state index >= 15 is 0 Å². The maximum absolute atomic E-state index is 12.2. The first-order valence-corrected chi connectivity index (χ1v) is 11.8. The Kier molecular flexibility index (Phi) is 9.12. The smallest absolute Gasteiger partial charge is 0.408 e. The first kappa shape index (κ1) is 24.7. The number of carbonyl (C=O) groups is 1. The van der Waals surface area contributed by atoms with Crippen molar-refractivity contribution >= 4 is 14.4 Å². The van der Waals surface area contributed by atoms with E-state index in [1.54, 1.807) is 20.8 Å². The third-order valence-corrected chi connectivity index (χ3v) is 9.00. The van der Waals surface area contributed by atoms with Crippen molar-refractivity contribution < 1.29 is 19.1 Å². The topological polar surface area (TPSA) is 117 Å². The molecule has 0 radical (unpaired) electrons. The molecule has 3 atom stereocenters. The first-order valence-electron chi connectivity index (χ1n) is 8.93. The van der Waals surface area contributed by atoms with Crippen LogP contribution < -0.4 is 5.32 Å². The molecule has 0 bridgehead atoms. The van der Waals surface area contributed by atoms with Gasteiger partial charge >= 0.3 is 6.09 Å². The zero-order valence-electron chi connectivity index (χ0n) is 17.7. The summed E-state index contributed by atoms with van der Waals surface area (Å²) in [5.74, 6) is -0.188. The molecule has 0 fully saturated rings. The van der Waals surface area contributed by atoms with Gasteiger partial charge in [-0.2, -0.15) is 0 Å². The minimum atomic E-state index is -2.18. The van der Waals surface area contributed by atoms with Crippen molar-refractivity contribution in [3.8, 4) is 0 Å². The van der Waals surface area contributed by atoms with Gasteiger partial charge in [0.15, 0.2) is 8.32 Å². The highest BCUT2D eigenvalue weighted by molar-refractivity contribution is 6.74. The largest absolute Gasteiger partial charge is 0.444 e. The van der Waals surface area contributed by atoms with E-state index in [0.29, 0.717) is 0 Å². The Morgan fingerprint density at radius 3 is 2.19 bits per heavy atom. The van der Waals surface area contributed by atoms with E-state index in [1.807, 2.05) is 6.92 Å². The van der Waals surface area contributed by atoms with Gasteiger partial charge in [0.25, 0.3) is 0 Å². The lowest BCUT2D eigenvalue weighted by Crippen LogP contribution is -2.56. The van der Waals surface area contributed by atoms with Gasteiger partial charge in [0.1, 0.15) is 5.60 Å². The molecular formula is C17H36N4O4Si. The van der Waals surface area contributed by atoms with Gasteiger partial charge in [-0.3, -0.25) is 0 Å². The highest BCUT2D eigenvalue weighted by atomic mass is 28.4. The van der Waals surface area contributed by atoms with E-state index in [9.17, 15) is 9.90 Å². The van der Waals surface area contributed by atoms with E-state index in [2.05, 4.69) is 49.2 Å². The first-order chi connectivity index (χ1) is 11.6. The number of aliphatic hydroxyl groups excluding tert-OH is 1. The zero-order chi connectivity index (χ0) is 20.8. The fourth-order valence-electron chi connectivity index (χ4n) is 2.07. The lowest BCUT2D eigenvalue weighted by molar-refractivity contribution is 0.0278. The molecule has 0 aromatic rings. The standard InChI is InChI=1S/C17H36N4O4Si/c1-12(10-19-21-18)14(25-26(8,9)17(5,6)7)13(11-22)20-15(23)24-16(2,3)4/h12-14,22H,10-11H2,1-9H3,(H,20,23)/t12-,13?,14+/m0/s1. The summed E-state index contributed by atoms with van der Waals surface area (Å²) in [5.41, 5.74) is 7.97. The number of nitrogens with zero attached hydrogens (tertiary/aromatic N) is 3. The molecule has 2 N–H and O–H groups in total. The predicted molar refractivity (Wildman–Crippen MR) is 105 cm³/mol. The maximum Gasteiger partial charge on any atom is 0.408 e. The lowest BCUT2D eigenvalue weighted by atomic mass is 9.98. The summed E-state index contributed by atoms with van der Waals surface area (Å²) in [6, 6.07) is -0.664. The normalized spacial score (nSPS) is 16.2. The average Bonchev–Trinajstić information content (AvgIpc) is 2.45. The number of amides is 1. The van der Waals surface area contributed by atoms with Crippen molar-refractivity contribution in [2.75, 3.05) is 13.2 Å². The second-order valence-electron chi connectivity index (χ2n) is 9.17. The SMILES string of the molecule is C[C@@H](CN=[N+]=[N-])[C@@H](O[Si](C)(C)C(C)(C)C)C(CO)NC(=O)OC(C)(C)C. The fraction of sp³-hybridized carbons (Fsp3) is 0.941. The molecule has 1 amide bonds. The molecular weight excluding hydrogens is 352 g/mol. The number of hydrogen-bond donors (Lipinski definition) is 2. The van der Waals surface area contributed by atoms with Gasteiger partial charge in [0, 0.05) is 11.5 Å². The fourth-order valence-corrected chi connectivity index (χ4v) is 3.50. The Bertz CT molecular complexity index is 508. The van der Waals surface area contributed by atoms with Crippen molar-refractivity contribution in [2.24, 2.45) is 11.0 Å². The molecule has 0 aliphatic rings. The minimum absolute atomic E-state index is 0.0462.